The van der Waals surface area contributed by atoms with E-state index in [4.69, 9.17) is 10.00 Å². The molecule has 0 amide bonds. The molecule has 0 heterocycles. The maximum absolute atomic E-state index is 11.3. The predicted molar refractivity (Wildman–Crippen MR) is 56.1 cm³/mol. The van der Waals surface area contributed by atoms with E-state index in [0.29, 0.717) is 5.57 Å². The summed E-state index contributed by atoms with van der Waals surface area (Å²) in [5.74, 6) is -2.27. The average molecular weight is 225 g/mol. The number of hydrogen-bond donors (Lipinski definition) is 0. The molecular formula is C11H15NO4. The second kappa shape index (κ2) is 7.46. The van der Waals surface area contributed by atoms with Crippen molar-refractivity contribution in [1.29, 1.82) is 5.26 Å². The van der Waals surface area contributed by atoms with Gasteiger partial charge in [0, 0.05) is 6.08 Å². The molecule has 0 radical (unpaired) electrons. The monoisotopic (exact) mass is 225 g/mol. The minimum atomic E-state index is -1.05. The van der Waals surface area contributed by atoms with Crippen LogP contribution in [0.5, 0.6) is 0 Å². The molecule has 0 N–H and O–H groups in total. The number of esters is 2. The van der Waals surface area contributed by atoms with Gasteiger partial charge in [0.2, 0.25) is 0 Å². The zero-order valence-corrected chi connectivity index (χ0v) is 9.65. The molecule has 16 heavy (non-hydrogen) atoms. The Morgan fingerprint density at radius 1 is 1.31 bits per heavy atom. The van der Waals surface area contributed by atoms with Crippen LogP contribution in [0.2, 0.25) is 0 Å². The predicted octanol–water partition coefficient (Wildman–Crippen LogP) is 1.20. The lowest BCUT2D eigenvalue weighted by Crippen LogP contribution is -2.18. The molecule has 0 aromatic rings. The van der Waals surface area contributed by atoms with E-state index in [9.17, 15) is 9.59 Å². The standard InChI is InChI=1S/C11H15NO4/c1-4-15-10(13)6-8(3)9(7-12)11(14)16-5-2/h6,9H,4-5H2,1-3H3/b8-6+. The third-order valence-electron chi connectivity index (χ3n) is 1.74. The Balaban J connectivity index is 4.66. The molecular weight excluding hydrogens is 210 g/mol. The SMILES string of the molecule is CCOC(=O)/C=C(\C)C(C#N)C(=O)OCC. The van der Waals surface area contributed by atoms with Gasteiger partial charge in [0.05, 0.1) is 19.3 Å². The third-order valence-corrected chi connectivity index (χ3v) is 1.74. The number of nitriles is 1. The molecule has 5 nitrogen and oxygen atoms in total. The zero-order chi connectivity index (χ0) is 12.6. The van der Waals surface area contributed by atoms with E-state index in [0.717, 1.165) is 6.08 Å². The fourth-order valence-corrected chi connectivity index (χ4v) is 1.02. The van der Waals surface area contributed by atoms with E-state index in [2.05, 4.69) is 4.74 Å². The average Bonchev–Trinajstić information content (AvgIpc) is 2.19. The van der Waals surface area contributed by atoms with E-state index in [1.54, 1.807) is 19.9 Å². The van der Waals surface area contributed by atoms with Crippen LogP contribution in [0.3, 0.4) is 0 Å². The first-order valence-electron chi connectivity index (χ1n) is 4.98. The van der Waals surface area contributed by atoms with Gasteiger partial charge in [-0.15, -0.1) is 0 Å². The fourth-order valence-electron chi connectivity index (χ4n) is 1.02. The van der Waals surface area contributed by atoms with Gasteiger partial charge in [0.1, 0.15) is 0 Å². The highest BCUT2D eigenvalue weighted by atomic mass is 16.5. The van der Waals surface area contributed by atoms with Crippen molar-refractivity contribution < 1.29 is 19.1 Å². The van der Waals surface area contributed by atoms with Gasteiger partial charge >= 0.3 is 11.9 Å². The van der Waals surface area contributed by atoms with Crippen LogP contribution in [0, 0.1) is 17.2 Å². The van der Waals surface area contributed by atoms with E-state index in [-0.39, 0.29) is 13.2 Å². The summed E-state index contributed by atoms with van der Waals surface area (Å²) < 4.78 is 9.37. The van der Waals surface area contributed by atoms with E-state index >= 15 is 0 Å². The molecule has 0 fully saturated rings. The molecule has 1 unspecified atom stereocenters. The molecule has 0 aromatic heterocycles. The maximum Gasteiger partial charge on any atom is 0.330 e. The number of carbonyl (C=O) groups excluding carboxylic acids is 2. The van der Waals surface area contributed by atoms with E-state index < -0.39 is 17.9 Å². The van der Waals surface area contributed by atoms with Crippen molar-refractivity contribution in [3.63, 3.8) is 0 Å². The number of rotatable bonds is 5. The smallest absolute Gasteiger partial charge is 0.330 e. The Bertz CT molecular complexity index is 327. The summed E-state index contributed by atoms with van der Waals surface area (Å²) in [5, 5.41) is 8.79. The number of nitrogens with zero attached hydrogens (tertiary/aromatic N) is 1. The molecule has 0 aromatic carbocycles. The van der Waals surface area contributed by atoms with Crippen molar-refractivity contribution in [1.82, 2.24) is 0 Å². The van der Waals surface area contributed by atoms with Crippen molar-refractivity contribution in [2.24, 2.45) is 5.92 Å². The molecule has 1 atom stereocenters. The van der Waals surface area contributed by atoms with Crippen molar-refractivity contribution in [3.8, 4) is 6.07 Å². The van der Waals surface area contributed by atoms with Crippen molar-refractivity contribution in [2.45, 2.75) is 20.8 Å². The quantitative estimate of drug-likeness (QED) is 0.519. The second-order valence-corrected chi connectivity index (χ2v) is 2.95. The zero-order valence-electron chi connectivity index (χ0n) is 9.65. The fraction of sp³-hybridized carbons (Fsp3) is 0.545. The second-order valence-electron chi connectivity index (χ2n) is 2.95. The molecule has 0 aliphatic heterocycles. The number of carbonyl (C=O) groups is 2. The van der Waals surface area contributed by atoms with Gasteiger partial charge in [0.25, 0.3) is 0 Å². The minimum absolute atomic E-state index is 0.198. The third kappa shape index (κ3) is 4.60. The van der Waals surface area contributed by atoms with Crippen molar-refractivity contribution >= 4 is 11.9 Å². The normalized spacial score (nSPS) is 12.5. The van der Waals surface area contributed by atoms with Crippen LogP contribution in [0.15, 0.2) is 11.6 Å². The van der Waals surface area contributed by atoms with E-state index in [1.165, 1.54) is 6.92 Å². The van der Waals surface area contributed by atoms with E-state index in [1.807, 2.05) is 0 Å². The Morgan fingerprint density at radius 3 is 2.31 bits per heavy atom. The minimum Gasteiger partial charge on any atom is -0.465 e. The summed E-state index contributed by atoms with van der Waals surface area (Å²) in [6, 6.07) is 1.78. The van der Waals surface area contributed by atoms with Crippen LogP contribution in [0.1, 0.15) is 20.8 Å². The molecule has 0 spiro atoms. The van der Waals surface area contributed by atoms with Gasteiger partial charge in [0.15, 0.2) is 5.92 Å². The van der Waals surface area contributed by atoms with Crippen LogP contribution in [0.4, 0.5) is 0 Å². The van der Waals surface area contributed by atoms with Gasteiger partial charge in [-0.25, -0.2) is 4.79 Å². The van der Waals surface area contributed by atoms with Crippen LogP contribution >= 0.6 is 0 Å². The number of hydrogen-bond acceptors (Lipinski definition) is 5. The van der Waals surface area contributed by atoms with Crippen LogP contribution < -0.4 is 0 Å². The van der Waals surface area contributed by atoms with Gasteiger partial charge in [-0.3, -0.25) is 4.79 Å². The van der Waals surface area contributed by atoms with Crippen molar-refractivity contribution in [3.05, 3.63) is 11.6 Å². The highest BCUT2D eigenvalue weighted by molar-refractivity contribution is 5.86. The molecule has 0 saturated heterocycles. The molecule has 0 saturated carbocycles. The van der Waals surface area contributed by atoms with Crippen LogP contribution in [-0.4, -0.2) is 25.2 Å². The Labute approximate surface area is 94.6 Å². The Morgan fingerprint density at radius 2 is 1.88 bits per heavy atom. The Kier molecular flexibility index (Phi) is 6.61. The van der Waals surface area contributed by atoms with Crippen molar-refractivity contribution in [2.75, 3.05) is 13.2 Å². The van der Waals surface area contributed by atoms with Crippen LogP contribution in [0.25, 0.3) is 0 Å². The Hall–Kier alpha value is -1.83. The summed E-state index contributed by atoms with van der Waals surface area (Å²) in [7, 11) is 0. The van der Waals surface area contributed by atoms with Gasteiger partial charge in [-0.1, -0.05) is 0 Å². The number of ether oxygens (including phenoxy) is 2. The summed E-state index contributed by atoms with van der Waals surface area (Å²) in [6.07, 6.45) is 1.13. The first-order valence-corrected chi connectivity index (χ1v) is 4.98. The molecule has 0 aliphatic rings. The lowest BCUT2D eigenvalue weighted by Gasteiger charge is -2.08. The maximum atomic E-state index is 11.3. The summed E-state index contributed by atoms with van der Waals surface area (Å²) in [6.45, 7) is 5.29. The van der Waals surface area contributed by atoms with Gasteiger partial charge in [-0.05, 0) is 26.3 Å². The molecule has 0 aliphatic carbocycles. The van der Waals surface area contributed by atoms with Gasteiger partial charge in [-0.2, -0.15) is 5.26 Å². The van der Waals surface area contributed by atoms with Gasteiger partial charge < -0.3 is 9.47 Å². The first-order chi connectivity index (χ1) is 7.56. The molecule has 88 valence electrons. The largest absolute Gasteiger partial charge is 0.465 e. The van der Waals surface area contributed by atoms with Crippen LogP contribution in [-0.2, 0) is 19.1 Å². The highest BCUT2D eigenvalue weighted by Gasteiger charge is 2.21. The summed E-state index contributed by atoms with van der Waals surface area (Å²) in [4.78, 5) is 22.4. The highest BCUT2D eigenvalue weighted by Crippen LogP contribution is 2.11. The summed E-state index contributed by atoms with van der Waals surface area (Å²) in [5.41, 5.74) is 0.319. The lowest BCUT2D eigenvalue weighted by atomic mass is 10.0. The molecule has 0 rings (SSSR count). The summed E-state index contributed by atoms with van der Waals surface area (Å²) >= 11 is 0. The topological polar surface area (TPSA) is 76.4 Å². The lowest BCUT2D eigenvalue weighted by molar-refractivity contribution is -0.144. The molecule has 5 heteroatoms. The first kappa shape index (κ1) is 14.2. The molecule has 0 bridgehead atoms.